The number of hydrazone groups is 1. The lowest BCUT2D eigenvalue weighted by Gasteiger charge is -2.24. The first-order valence-corrected chi connectivity index (χ1v) is 7.60. The highest BCUT2D eigenvalue weighted by molar-refractivity contribution is 6.39. The summed E-state index contributed by atoms with van der Waals surface area (Å²) < 4.78 is 24.8. The van der Waals surface area contributed by atoms with Crippen molar-refractivity contribution in [1.82, 2.24) is 10.3 Å². The fraction of sp³-hybridized carbons (Fsp3) is 0.375. The van der Waals surface area contributed by atoms with Crippen molar-refractivity contribution in [2.45, 2.75) is 38.3 Å². The third-order valence-electron chi connectivity index (χ3n) is 3.56. The first-order valence-electron chi connectivity index (χ1n) is 7.60. The lowest BCUT2D eigenvalue weighted by atomic mass is 10.1. The number of aliphatic carboxylic acids is 1. The summed E-state index contributed by atoms with van der Waals surface area (Å²) >= 11 is 0. The summed E-state index contributed by atoms with van der Waals surface area (Å²) in [6.45, 7) is 0.163. The van der Waals surface area contributed by atoms with Crippen LogP contribution in [-0.4, -0.2) is 46.1 Å². The molecule has 0 spiro atoms. The molecule has 1 unspecified atom stereocenters. The molecule has 1 atom stereocenters. The number of hydrogen-bond donors (Lipinski definition) is 2. The Balaban J connectivity index is 2.08. The summed E-state index contributed by atoms with van der Waals surface area (Å²) in [5.41, 5.74) is 0.749. The predicted octanol–water partition coefficient (Wildman–Crippen LogP) is 1.39. The number of carboxylic acid groups (broad SMARTS) is 1. The second-order valence-electron chi connectivity index (χ2n) is 5.47. The zero-order chi connectivity index (χ0) is 18.4. The van der Waals surface area contributed by atoms with Gasteiger partial charge in [-0.05, 0) is 5.56 Å². The van der Waals surface area contributed by atoms with Crippen LogP contribution in [0.1, 0.15) is 24.8 Å². The molecular weight excluding hydrogens is 336 g/mol. The van der Waals surface area contributed by atoms with Gasteiger partial charge in [-0.3, -0.25) is 9.59 Å². The number of nitrogens with one attached hydrogen (secondary N) is 1. The van der Waals surface area contributed by atoms with Crippen molar-refractivity contribution >= 4 is 23.5 Å². The van der Waals surface area contributed by atoms with Gasteiger partial charge >= 0.3 is 5.97 Å². The molecule has 0 bridgehead atoms. The number of rotatable bonds is 7. The third-order valence-corrected chi connectivity index (χ3v) is 3.56. The molecule has 9 heteroatoms. The molecule has 0 saturated heterocycles. The molecule has 0 aromatic heterocycles. The Hall–Kier alpha value is -2.84. The van der Waals surface area contributed by atoms with E-state index in [4.69, 9.17) is 5.11 Å². The van der Waals surface area contributed by atoms with Gasteiger partial charge in [0, 0.05) is 19.3 Å². The summed E-state index contributed by atoms with van der Waals surface area (Å²) in [4.78, 5) is 35.0. The minimum Gasteiger partial charge on any atom is -0.480 e. The van der Waals surface area contributed by atoms with E-state index in [0.29, 0.717) is 0 Å². The van der Waals surface area contributed by atoms with E-state index in [1.54, 1.807) is 24.3 Å². The van der Waals surface area contributed by atoms with E-state index in [1.165, 1.54) is 0 Å². The molecule has 1 aromatic rings. The van der Waals surface area contributed by atoms with E-state index in [2.05, 4.69) is 5.10 Å². The quantitative estimate of drug-likeness (QED) is 0.774. The molecule has 25 heavy (non-hydrogen) atoms. The van der Waals surface area contributed by atoms with E-state index in [0.717, 1.165) is 10.6 Å². The Morgan fingerprint density at radius 1 is 1.24 bits per heavy atom. The summed E-state index contributed by atoms with van der Waals surface area (Å²) in [6, 6.07) is 7.28. The van der Waals surface area contributed by atoms with Crippen molar-refractivity contribution in [3.8, 4) is 0 Å². The number of carbonyl (C=O) groups is 3. The van der Waals surface area contributed by atoms with Gasteiger partial charge in [0.2, 0.25) is 12.3 Å². The van der Waals surface area contributed by atoms with Gasteiger partial charge in [-0.2, -0.15) is 5.10 Å². The largest absolute Gasteiger partial charge is 0.480 e. The second-order valence-corrected chi connectivity index (χ2v) is 5.47. The van der Waals surface area contributed by atoms with Crippen molar-refractivity contribution in [3.63, 3.8) is 0 Å². The molecule has 1 aliphatic heterocycles. The molecule has 2 rings (SSSR count). The molecule has 7 nitrogen and oxygen atoms in total. The van der Waals surface area contributed by atoms with Crippen molar-refractivity contribution in [3.05, 3.63) is 35.9 Å². The van der Waals surface area contributed by atoms with Crippen LogP contribution in [0.25, 0.3) is 0 Å². The van der Waals surface area contributed by atoms with Crippen LogP contribution in [0, 0.1) is 0 Å². The van der Waals surface area contributed by atoms with E-state index in [1.807, 2.05) is 11.4 Å². The van der Waals surface area contributed by atoms with Gasteiger partial charge in [0.25, 0.3) is 5.91 Å². The van der Waals surface area contributed by atoms with Crippen molar-refractivity contribution in [2.75, 3.05) is 0 Å². The minimum absolute atomic E-state index is 0.0248. The highest BCUT2D eigenvalue weighted by atomic mass is 19.3. The molecule has 0 radical (unpaired) electrons. The van der Waals surface area contributed by atoms with Gasteiger partial charge in [0.05, 0.1) is 6.54 Å². The van der Waals surface area contributed by atoms with E-state index in [-0.39, 0.29) is 31.0 Å². The molecule has 1 heterocycles. The first-order chi connectivity index (χ1) is 11.9. The number of alkyl halides is 2. The smallest absolute Gasteiger partial charge is 0.326 e. The Labute approximate surface area is 142 Å². The Kier molecular flexibility index (Phi) is 6.15. The van der Waals surface area contributed by atoms with E-state index in [9.17, 15) is 23.2 Å². The van der Waals surface area contributed by atoms with Gasteiger partial charge in [0.1, 0.15) is 11.8 Å². The van der Waals surface area contributed by atoms with Crippen LogP contribution in [-0.2, 0) is 20.9 Å². The average molecular weight is 353 g/mol. The maximum absolute atomic E-state index is 12.4. The number of amides is 2. The first kappa shape index (κ1) is 18.5. The Bertz CT molecular complexity index is 679. The van der Waals surface area contributed by atoms with Crippen LogP contribution in [0.2, 0.25) is 0 Å². The SMILES string of the molecule is O=C(NC(CC(F)F)C(=O)O)C1=NN(Cc2ccccc2)C(=O)CC1. The lowest BCUT2D eigenvalue weighted by molar-refractivity contribution is -0.142. The zero-order valence-corrected chi connectivity index (χ0v) is 13.2. The van der Waals surface area contributed by atoms with Crippen LogP contribution in [0.4, 0.5) is 8.78 Å². The van der Waals surface area contributed by atoms with Gasteiger partial charge in [0.15, 0.2) is 0 Å². The van der Waals surface area contributed by atoms with Crippen molar-refractivity contribution < 1.29 is 28.3 Å². The fourth-order valence-corrected chi connectivity index (χ4v) is 2.29. The molecule has 2 N–H and O–H groups in total. The molecule has 0 aliphatic carbocycles. The molecule has 0 fully saturated rings. The predicted molar refractivity (Wildman–Crippen MR) is 83.8 cm³/mol. The van der Waals surface area contributed by atoms with Crippen LogP contribution in [0.15, 0.2) is 35.4 Å². The standard InChI is InChI=1S/C16H17F2N3O4/c17-13(18)8-12(16(24)25)19-15(23)11-6-7-14(22)21(20-11)9-10-4-2-1-3-5-10/h1-5,12-13H,6-9H2,(H,19,23)(H,24,25). The van der Waals surface area contributed by atoms with E-state index >= 15 is 0 Å². The second kappa shape index (κ2) is 8.32. The molecule has 1 aromatic carbocycles. The number of carboxylic acids is 1. The Morgan fingerprint density at radius 2 is 1.92 bits per heavy atom. The topological polar surface area (TPSA) is 99.1 Å². The Morgan fingerprint density at radius 3 is 2.52 bits per heavy atom. The van der Waals surface area contributed by atoms with Gasteiger partial charge < -0.3 is 10.4 Å². The number of hydrogen-bond acceptors (Lipinski definition) is 4. The summed E-state index contributed by atoms with van der Waals surface area (Å²) in [7, 11) is 0. The van der Waals surface area contributed by atoms with Crippen LogP contribution < -0.4 is 5.32 Å². The summed E-state index contributed by atoms with van der Waals surface area (Å²) in [5, 5.41) is 16.0. The monoisotopic (exact) mass is 353 g/mol. The molecule has 0 saturated carbocycles. The lowest BCUT2D eigenvalue weighted by Crippen LogP contribution is -2.46. The molecule has 1 aliphatic rings. The number of nitrogens with zero attached hydrogens (tertiary/aromatic N) is 2. The van der Waals surface area contributed by atoms with Crippen molar-refractivity contribution in [2.24, 2.45) is 5.10 Å². The highest BCUT2D eigenvalue weighted by Gasteiger charge is 2.29. The average Bonchev–Trinajstić information content (AvgIpc) is 2.56. The molecular formula is C16H17F2N3O4. The number of carbonyl (C=O) groups excluding carboxylic acids is 2. The van der Waals surface area contributed by atoms with Crippen LogP contribution in [0.5, 0.6) is 0 Å². The van der Waals surface area contributed by atoms with Crippen LogP contribution >= 0.6 is 0 Å². The third kappa shape index (κ3) is 5.33. The minimum atomic E-state index is -2.87. The number of benzene rings is 1. The fourth-order valence-electron chi connectivity index (χ4n) is 2.29. The maximum atomic E-state index is 12.4. The highest BCUT2D eigenvalue weighted by Crippen LogP contribution is 2.14. The normalized spacial score (nSPS) is 15.7. The van der Waals surface area contributed by atoms with Crippen LogP contribution in [0.3, 0.4) is 0 Å². The zero-order valence-electron chi connectivity index (χ0n) is 13.2. The maximum Gasteiger partial charge on any atom is 0.326 e. The van der Waals surface area contributed by atoms with E-state index < -0.39 is 30.8 Å². The molecule has 134 valence electrons. The van der Waals surface area contributed by atoms with Crippen molar-refractivity contribution in [1.29, 1.82) is 0 Å². The summed E-state index contributed by atoms with van der Waals surface area (Å²) in [6.07, 6.45) is -3.81. The molecule has 2 amide bonds. The number of halogens is 2. The van der Waals surface area contributed by atoms with Gasteiger partial charge in [-0.25, -0.2) is 18.6 Å². The summed E-state index contributed by atoms with van der Waals surface area (Å²) in [5.74, 6) is -2.69. The van der Waals surface area contributed by atoms with Gasteiger partial charge in [-0.1, -0.05) is 30.3 Å². The van der Waals surface area contributed by atoms with Gasteiger partial charge in [-0.15, -0.1) is 0 Å².